The van der Waals surface area contributed by atoms with Crippen LogP contribution in [0, 0.1) is 12.3 Å². The zero-order valence-electron chi connectivity index (χ0n) is 10.7. The molecule has 3 amide bonds. The molecule has 0 bridgehead atoms. The van der Waals surface area contributed by atoms with Gasteiger partial charge >= 0.3 is 6.03 Å². The van der Waals surface area contributed by atoms with Crippen LogP contribution in [0.3, 0.4) is 0 Å². The van der Waals surface area contributed by atoms with E-state index in [-0.39, 0.29) is 5.82 Å². The van der Waals surface area contributed by atoms with Crippen molar-refractivity contribution in [2.24, 2.45) is 0 Å². The molecule has 1 aliphatic rings. The third-order valence-electron chi connectivity index (χ3n) is 3.01. The first kappa shape index (κ1) is 13.1. The van der Waals surface area contributed by atoms with Gasteiger partial charge in [-0.2, -0.15) is 0 Å². The summed E-state index contributed by atoms with van der Waals surface area (Å²) in [5.74, 6) is 2.22. The van der Waals surface area contributed by atoms with Crippen molar-refractivity contribution in [3.05, 3.63) is 11.8 Å². The lowest BCUT2D eigenvalue weighted by Crippen LogP contribution is -2.35. The Balaban J connectivity index is 2.37. The van der Waals surface area contributed by atoms with Crippen molar-refractivity contribution in [3.63, 3.8) is 0 Å². The lowest BCUT2D eigenvalue weighted by atomic mass is 9.92. The van der Waals surface area contributed by atoms with Crippen molar-refractivity contribution < 1.29 is 19.2 Å². The van der Waals surface area contributed by atoms with E-state index in [0.717, 1.165) is 9.80 Å². The molecule has 2 heterocycles. The number of carbonyl (C=O) groups excluding carboxylic acids is 2. The SMILES string of the molecule is C#CC(C)(C)c1cc(N2C(=O)N(C)C(=O)C2O)no1. The number of anilines is 1. The number of aliphatic hydroxyl groups excluding tert-OH is 1. The van der Waals surface area contributed by atoms with Crippen molar-refractivity contribution in [3.8, 4) is 12.3 Å². The Hall–Kier alpha value is -2.33. The second kappa shape index (κ2) is 4.10. The molecule has 1 saturated heterocycles. The Morgan fingerprint density at radius 1 is 1.53 bits per heavy atom. The zero-order valence-corrected chi connectivity index (χ0v) is 10.7. The van der Waals surface area contributed by atoms with Crippen LogP contribution in [0.2, 0.25) is 0 Å². The van der Waals surface area contributed by atoms with Gasteiger partial charge in [0, 0.05) is 13.1 Å². The molecule has 1 fully saturated rings. The maximum atomic E-state index is 11.8. The molecule has 7 nitrogen and oxygen atoms in total. The minimum absolute atomic E-state index is 0.0496. The Labute approximate surface area is 109 Å². The van der Waals surface area contributed by atoms with Crippen LogP contribution in [0.15, 0.2) is 10.6 Å². The van der Waals surface area contributed by atoms with E-state index < -0.39 is 23.6 Å². The summed E-state index contributed by atoms with van der Waals surface area (Å²) in [6.07, 6.45) is 3.78. The summed E-state index contributed by atoms with van der Waals surface area (Å²) in [4.78, 5) is 24.9. The Bertz CT molecular complexity index is 584. The van der Waals surface area contributed by atoms with Crippen LogP contribution in [0.5, 0.6) is 0 Å². The van der Waals surface area contributed by atoms with E-state index in [9.17, 15) is 14.7 Å². The molecule has 0 spiro atoms. The predicted octanol–water partition coefficient (Wildman–Crippen LogP) is 0.302. The molecule has 100 valence electrons. The summed E-state index contributed by atoms with van der Waals surface area (Å²) in [6, 6.07) is 0.767. The van der Waals surface area contributed by atoms with Gasteiger partial charge in [0.25, 0.3) is 5.91 Å². The van der Waals surface area contributed by atoms with Gasteiger partial charge in [0.2, 0.25) is 6.23 Å². The number of terminal acetylenes is 1. The molecule has 7 heteroatoms. The predicted molar refractivity (Wildman–Crippen MR) is 65.0 cm³/mol. The third kappa shape index (κ3) is 1.86. The second-order valence-electron chi connectivity index (χ2n) is 4.74. The molecule has 1 unspecified atom stereocenters. The molecule has 0 aliphatic carbocycles. The minimum atomic E-state index is -1.59. The van der Waals surface area contributed by atoms with Crippen LogP contribution < -0.4 is 4.90 Å². The van der Waals surface area contributed by atoms with Gasteiger partial charge < -0.3 is 9.63 Å². The van der Waals surface area contributed by atoms with Gasteiger partial charge in [-0.25, -0.2) is 9.69 Å². The van der Waals surface area contributed by atoms with E-state index in [2.05, 4.69) is 11.1 Å². The number of rotatable bonds is 2. The largest absolute Gasteiger partial charge is 0.365 e. The second-order valence-corrected chi connectivity index (χ2v) is 4.74. The van der Waals surface area contributed by atoms with Gasteiger partial charge in [0.05, 0.1) is 5.41 Å². The highest BCUT2D eigenvalue weighted by Crippen LogP contribution is 2.29. The Morgan fingerprint density at radius 3 is 2.63 bits per heavy atom. The minimum Gasteiger partial charge on any atom is -0.365 e. The van der Waals surface area contributed by atoms with Crippen LogP contribution in [-0.2, 0) is 10.2 Å². The number of likely N-dealkylation sites (N-methyl/N-ethyl adjacent to an activating group) is 1. The van der Waals surface area contributed by atoms with Gasteiger partial charge in [-0.3, -0.25) is 9.69 Å². The average Bonchev–Trinajstić information content (AvgIpc) is 2.92. The molecule has 0 aromatic carbocycles. The molecule has 1 aliphatic heterocycles. The molecule has 19 heavy (non-hydrogen) atoms. The van der Waals surface area contributed by atoms with Crippen molar-refractivity contribution in [2.45, 2.75) is 25.5 Å². The summed E-state index contributed by atoms with van der Waals surface area (Å²) in [6.45, 7) is 3.49. The molecule has 1 N–H and O–H groups in total. The van der Waals surface area contributed by atoms with E-state index in [1.54, 1.807) is 13.8 Å². The number of imide groups is 1. The van der Waals surface area contributed by atoms with Crippen LogP contribution in [0.4, 0.5) is 10.6 Å². The number of aliphatic hydroxyl groups is 1. The Kier molecular flexibility index (Phi) is 2.83. The lowest BCUT2D eigenvalue weighted by Gasteiger charge is -2.14. The maximum Gasteiger partial charge on any atom is 0.334 e. The van der Waals surface area contributed by atoms with E-state index in [0.29, 0.717) is 5.76 Å². The highest BCUT2D eigenvalue weighted by molar-refractivity contribution is 6.12. The third-order valence-corrected chi connectivity index (χ3v) is 3.01. The van der Waals surface area contributed by atoms with E-state index in [1.165, 1.54) is 13.1 Å². The fourth-order valence-electron chi connectivity index (χ4n) is 1.61. The van der Waals surface area contributed by atoms with Gasteiger partial charge in [-0.1, -0.05) is 11.1 Å². The van der Waals surface area contributed by atoms with Crippen molar-refractivity contribution in [2.75, 3.05) is 11.9 Å². The number of amides is 3. The molecule has 1 aromatic rings. The molecule has 1 atom stereocenters. The highest BCUT2D eigenvalue weighted by atomic mass is 16.5. The molecule has 1 aromatic heterocycles. The van der Waals surface area contributed by atoms with E-state index in [1.807, 2.05) is 0 Å². The number of carbonyl (C=O) groups is 2. The summed E-state index contributed by atoms with van der Waals surface area (Å²) in [5, 5.41) is 13.4. The average molecular weight is 263 g/mol. The topological polar surface area (TPSA) is 86.9 Å². The fourth-order valence-corrected chi connectivity index (χ4v) is 1.61. The molecule has 0 saturated carbocycles. The van der Waals surface area contributed by atoms with Crippen LogP contribution in [0.1, 0.15) is 19.6 Å². The summed E-state index contributed by atoms with van der Waals surface area (Å²) in [5.41, 5.74) is -0.700. The summed E-state index contributed by atoms with van der Waals surface area (Å²) in [7, 11) is 1.28. The van der Waals surface area contributed by atoms with Crippen LogP contribution >= 0.6 is 0 Å². The number of hydrogen-bond acceptors (Lipinski definition) is 5. The van der Waals surface area contributed by atoms with E-state index in [4.69, 9.17) is 10.9 Å². The van der Waals surface area contributed by atoms with Crippen molar-refractivity contribution in [1.29, 1.82) is 0 Å². The number of urea groups is 1. The van der Waals surface area contributed by atoms with Crippen LogP contribution in [-0.4, -0.2) is 40.4 Å². The number of nitrogens with zero attached hydrogens (tertiary/aromatic N) is 3. The van der Waals surface area contributed by atoms with Gasteiger partial charge in [-0.15, -0.1) is 6.42 Å². The Morgan fingerprint density at radius 2 is 2.16 bits per heavy atom. The summed E-state index contributed by atoms with van der Waals surface area (Å²) >= 11 is 0. The van der Waals surface area contributed by atoms with E-state index >= 15 is 0 Å². The molecule has 0 radical (unpaired) electrons. The number of hydrogen-bond donors (Lipinski definition) is 1. The highest BCUT2D eigenvalue weighted by Gasteiger charge is 2.44. The molecular formula is C12H13N3O4. The first-order chi connectivity index (χ1) is 8.79. The van der Waals surface area contributed by atoms with Gasteiger partial charge in [-0.05, 0) is 13.8 Å². The van der Waals surface area contributed by atoms with Gasteiger partial charge in [0.15, 0.2) is 11.6 Å². The van der Waals surface area contributed by atoms with Gasteiger partial charge in [0.1, 0.15) is 0 Å². The zero-order chi connectivity index (χ0) is 14.4. The smallest absolute Gasteiger partial charge is 0.334 e. The first-order valence-electron chi connectivity index (χ1n) is 5.53. The van der Waals surface area contributed by atoms with Crippen molar-refractivity contribution >= 4 is 17.8 Å². The number of aromatic nitrogens is 1. The maximum absolute atomic E-state index is 11.8. The molecule has 2 rings (SSSR count). The fraction of sp³-hybridized carbons (Fsp3) is 0.417. The standard InChI is InChI=1S/C12H13N3O4/c1-5-12(2,3)7-6-8(13-19-7)15-10(17)9(16)14(4)11(15)18/h1,6,10,17H,2-4H3. The summed E-state index contributed by atoms with van der Waals surface area (Å²) < 4.78 is 5.07. The van der Waals surface area contributed by atoms with Crippen LogP contribution in [0.25, 0.3) is 0 Å². The first-order valence-corrected chi connectivity index (χ1v) is 5.53. The lowest BCUT2D eigenvalue weighted by molar-refractivity contribution is -0.132. The quantitative estimate of drug-likeness (QED) is 0.612. The normalized spacial score (nSPS) is 20.1. The molecular weight excluding hydrogens is 250 g/mol. The monoisotopic (exact) mass is 263 g/mol. The van der Waals surface area contributed by atoms with Crippen molar-refractivity contribution in [1.82, 2.24) is 10.1 Å².